The van der Waals surface area contributed by atoms with Crippen LogP contribution in [0, 0.1) is 5.41 Å². The Balaban J connectivity index is 0.00000312. The monoisotopic (exact) mass is 472 g/mol. The minimum Gasteiger partial charge on any atom is -0.370 e. The van der Waals surface area contributed by atoms with Crippen molar-refractivity contribution in [3.05, 3.63) is 64.9 Å². The minimum atomic E-state index is 0. The summed E-state index contributed by atoms with van der Waals surface area (Å²) in [6.45, 7) is 5.74. The van der Waals surface area contributed by atoms with Gasteiger partial charge in [0, 0.05) is 36.4 Å². The van der Waals surface area contributed by atoms with E-state index in [-0.39, 0.29) is 29.4 Å². The maximum Gasteiger partial charge on any atom is 0.188 e. The van der Waals surface area contributed by atoms with Gasteiger partial charge in [-0.1, -0.05) is 43.6 Å². The molecule has 6 heteroatoms. The zero-order valence-electron chi connectivity index (χ0n) is 14.7. The van der Waals surface area contributed by atoms with E-state index in [1.165, 1.54) is 5.56 Å². The van der Waals surface area contributed by atoms with E-state index in [9.17, 15) is 0 Å². The fourth-order valence-electron chi connectivity index (χ4n) is 2.48. The van der Waals surface area contributed by atoms with Gasteiger partial charge >= 0.3 is 0 Å². The van der Waals surface area contributed by atoms with Crippen LogP contribution in [0.3, 0.4) is 0 Å². The van der Waals surface area contributed by atoms with Gasteiger partial charge < -0.3 is 11.1 Å². The normalized spacial score (nSPS) is 11.7. The fourth-order valence-corrected chi connectivity index (χ4v) is 2.69. The summed E-state index contributed by atoms with van der Waals surface area (Å²) in [5.41, 5.74) is 8.22. The molecule has 136 valence electrons. The van der Waals surface area contributed by atoms with Gasteiger partial charge in [-0.15, -0.1) is 24.0 Å². The summed E-state index contributed by atoms with van der Waals surface area (Å²) in [5, 5.41) is 3.91. The van der Waals surface area contributed by atoms with Crippen LogP contribution in [-0.4, -0.2) is 24.0 Å². The third-order valence-corrected chi connectivity index (χ3v) is 3.90. The third-order valence-electron chi connectivity index (χ3n) is 3.66. The Hall–Kier alpha value is -1.34. The van der Waals surface area contributed by atoms with Crippen LogP contribution >= 0.6 is 35.6 Å². The highest BCUT2D eigenvalue weighted by Crippen LogP contribution is 2.23. The second-order valence-electron chi connectivity index (χ2n) is 6.67. The first-order valence-electron chi connectivity index (χ1n) is 8.13. The average Bonchev–Trinajstić information content (AvgIpc) is 2.54. The van der Waals surface area contributed by atoms with E-state index in [0.717, 1.165) is 30.1 Å². The fraction of sp³-hybridized carbons (Fsp3) is 0.368. The van der Waals surface area contributed by atoms with Crippen LogP contribution in [0.25, 0.3) is 0 Å². The molecule has 1 aromatic carbocycles. The van der Waals surface area contributed by atoms with Crippen LogP contribution < -0.4 is 11.1 Å². The van der Waals surface area contributed by atoms with E-state index >= 15 is 0 Å². The standard InChI is InChI=1S/C19H25ClN4.HI/c1-19(2,13-15-6-5-7-16(20)12-15)14-24-18(21)23-11-9-17-8-3-4-10-22-17;/h3-8,10,12H,9,11,13-14H2,1-2H3,(H3,21,23,24);1H. The Morgan fingerprint density at radius 2 is 2.04 bits per heavy atom. The van der Waals surface area contributed by atoms with Crippen molar-refractivity contribution in [1.82, 2.24) is 10.3 Å². The summed E-state index contributed by atoms with van der Waals surface area (Å²) >= 11 is 6.05. The van der Waals surface area contributed by atoms with Gasteiger partial charge in [0.25, 0.3) is 0 Å². The zero-order valence-corrected chi connectivity index (χ0v) is 17.8. The van der Waals surface area contributed by atoms with E-state index in [4.69, 9.17) is 17.3 Å². The van der Waals surface area contributed by atoms with Crippen LogP contribution in [-0.2, 0) is 12.8 Å². The predicted octanol–water partition coefficient (Wildman–Crippen LogP) is 4.07. The molecule has 3 N–H and O–H groups in total. The molecule has 1 heterocycles. The van der Waals surface area contributed by atoms with Crippen molar-refractivity contribution < 1.29 is 0 Å². The van der Waals surface area contributed by atoms with Gasteiger partial charge in [0.15, 0.2) is 5.96 Å². The Kier molecular flexibility index (Phi) is 9.21. The highest BCUT2D eigenvalue weighted by molar-refractivity contribution is 14.0. The number of benzene rings is 1. The molecular weight excluding hydrogens is 447 g/mol. The van der Waals surface area contributed by atoms with Gasteiger partial charge in [0.2, 0.25) is 0 Å². The lowest BCUT2D eigenvalue weighted by Gasteiger charge is -2.23. The SMILES string of the molecule is CC(C)(CN=C(N)NCCc1ccccn1)Cc1cccc(Cl)c1.I. The minimum absolute atomic E-state index is 0. The molecule has 0 fully saturated rings. The summed E-state index contributed by atoms with van der Waals surface area (Å²) in [5.74, 6) is 0.477. The summed E-state index contributed by atoms with van der Waals surface area (Å²) in [7, 11) is 0. The van der Waals surface area contributed by atoms with Gasteiger partial charge in [-0.05, 0) is 41.7 Å². The first-order chi connectivity index (χ1) is 11.4. The van der Waals surface area contributed by atoms with Gasteiger partial charge in [-0.3, -0.25) is 9.98 Å². The average molecular weight is 473 g/mol. The number of halogens is 2. The number of hydrogen-bond donors (Lipinski definition) is 2. The number of pyridine rings is 1. The summed E-state index contributed by atoms with van der Waals surface area (Å²) in [6.07, 6.45) is 3.52. The van der Waals surface area contributed by atoms with Gasteiger partial charge in [-0.25, -0.2) is 0 Å². The lowest BCUT2D eigenvalue weighted by molar-refractivity contribution is 0.377. The largest absolute Gasteiger partial charge is 0.370 e. The molecule has 0 aliphatic rings. The molecule has 0 aliphatic carbocycles. The van der Waals surface area contributed by atoms with E-state index in [1.807, 2.05) is 36.4 Å². The van der Waals surface area contributed by atoms with Crippen molar-refractivity contribution in [3.63, 3.8) is 0 Å². The molecule has 0 bridgehead atoms. The molecule has 0 atom stereocenters. The number of nitrogens with one attached hydrogen (secondary N) is 1. The van der Waals surface area contributed by atoms with Gasteiger partial charge in [-0.2, -0.15) is 0 Å². The Morgan fingerprint density at radius 1 is 1.24 bits per heavy atom. The number of guanidine groups is 1. The molecule has 0 amide bonds. The summed E-state index contributed by atoms with van der Waals surface area (Å²) < 4.78 is 0. The lowest BCUT2D eigenvalue weighted by atomic mass is 9.86. The van der Waals surface area contributed by atoms with Crippen LogP contribution in [0.5, 0.6) is 0 Å². The molecule has 0 aliphatic heterocycles. The highest BCUT2D eigenvalue weighted by Gasteiger charge is 2.18. The highest BCUT2D eigenvalue weighted by atomic mass is 127. The van der Waals surface area contributed by atoms with Crippen molar-refractivity contribution >= 4 is 41.5 Å². The van der Waals surface area contributed by atoms with Crippen molar-refractivity contribution in [2.45, 2.75) is 26.7 Å². The maximum atomic E-state index is 6.05. The van der Waals surface area contributed by atoms with Gasteiger partial charge in [0.1, 0.15) is 0 Å². The number of rotatable bonds is 7. The van der Waals surface area contributed by atoms with Crippen molar-refractivity contribution in [3.8, 4) is 0 Å². The first kappa shape index (κ1) is 21.7. The summed E-state index contributed by atoms with van der Waals surface area (Å²) in [6, 6.07) is 13.9. The maximum absolute atomic E-state index is 6.05. The molecule has 2 aromatic rings. The zero-order chi connectivity index (χ0) is 17.4. The molecule has 25 heavy (non-hydrogen) atoms. The smallest absolute Gasteiger partial charge is 0.188 e. The number of aliphatic imine (C=N–C) groups is 1. The van der Waals surface area contributed by atoms with E-state index < -0.39 is 0 Å². The topological polar surface area (TPSA) is 63.3 Å². The van der Waals surface area contributed by atoms with Crippen molar-refractivity contribution in [1.29, 1.82) is 0 Å². The number of nitrogens with zero attached hydrogens (tertiary/aromatic N) is 2. The van der Waals surface area contributed by atoms with Crippen molar-refractivity contribution in [2.24, 2.45) is 16.1 Å². The van der Waals surface area contributed by atoms with Crippen molar-refractivity contribution in [2.75, 3.05) is 13.1 Å². The number of nitrogens with two attached hydrogens (primary N) is 1. The molecule has 4 nitrogen and oxygen atoms in total. The second-order valence-corrected chi connectivity index (χ2v) is 7.11. The molecule has 0 radical (unpaired) electrons. The number of hydrogen-bond acceptors (Lipinski definition) is 2. The van der Waals surface area contributed by atoms with E-state index in [0.29, 0.717) is 12.5 Å². The first-order valence-corrected chi connectivity index (χ1v) is 8.51. The quantitative estimate of drug-likeness (QED) is 0.363. The predicted molar refractivity (Wildman–Crippen MR) is 117 cm³/mol. The Labute approximate surface area is 172 Å². The second kappa shape index (κ2) is 10.6. The van der Waals surface area contributed by atoms with Gasteiger partial charge in [0.05, 0.1) is 0 Å². The Morgan fingerprint density at radius 3 is 2.72 bits per heavy atom. The van der Waals surface area contributed by atoms with Crippen LogP contribution in [0.15, 0.2) is 53.7 Å². The molecule has 0 unspecified atom stereocenters. The van der Waals surface area contributed by atoms with E-state index in [1.54, 1.807) is 6.20 Å². The molecular formula is C19H26ClIN4. The lowest BCUT2D eigenvalue weighted by Crippen LogP contribution is -2.34. The van der Waals surface area contributed by atoms with E-state index in [2.05, 4.69) is 35.2 Å². The molecule has 0 saturated carbocycles. The van der Waals surface area contributed by atoms with Crippen LogP contribution in [0.1, 0.15) is 25.1 Å². The summed E-state index contributed by atoms with van der Waals surface area (Å²) in [4.78, 5) is 8.76. The van der Waals surface area contributed by atoms with Crippen LogP contribution in [0.4, 0.5) is 0 Å². The molecule has 0 saturated heterocycles. The Bertz CT molecular complexity index is 674. The molecule has 0 spiro atoms. The molecule has 2 rings (SSSR count). The number of aromatic nitrogens is 1. The third kappa shape index (κ3) is 8.54. The van der Waals surface area contributed by atoms with Crippen LogP contribution in [0.2, 0.25) is 5.02 Å². The molecule has 1 aromatic heterocycles.